The van der Waals surface area contributed by atoms with Crippen molar-refractivity contribution in [2.24, 2.45) is 0 Å². The van der Waals surface area contributed by atoms with Gasteiger partial charge in [-0.05, 0) is 43.0 Å². The zero-order valence-corrected chi connectivity index (χ0v) is 21.1. The lowest BCUT2D eigenvalue weighted by Gasteiger charge is -2.18. The fourth-order valence-corrected chi connectivity index (χ4v) is 4.25. The van der Waals surface area contributed by atoms with Gasteiger partial charge in [0.05, 0.1) is 42.1 Å². The highest BCUT2D eigenvalue weighted by atomic mass is 35.5. The average Bonchev–Trinajstić information content (AvgIpc) is 3.27. The van der Waals surface area contributed by atoms with Crippen molar-refractivity contribution in [2.75, 3.05) is 31.5 Å². The summed E-state index contributed by atoms with van der Waals surface area (Å²) in [6, 6.07) is 4.72. The van der Waals surface area contributed by atoms with Gasteiger partial charge in [-0.25, -0.2) is 14.5 Å². The van der Waals surface area contributed by atoms with E-state index in [-0.39, 0.29) is 0 Å². The number of carbonyl (C=O) groups excluding carboxylic acids is 2. The van der Waals surface area contributed by atoms with E-state index in [1.165, 1.54) is 13.3 Å². The van der Waals surface area contributed by atoms with E-state index < -0.39 is 17.9 Å². The van der Waals surface area contributed by atoms with Crippen molar-refractivity contribution in [3.05, 3.63) is 46.7 Å². The first kappa shape index (κ1) is 25.6. The molecular formula is C23H28ClN5O4S. The van der Waals surface area contributed by atoms with Crippen molar-refractivity contribution < 1.29 is 19.1 Å². The molecule has 1 amide bonds. The molecule has 0 aliphatic rings. The van der Waals surface area contributed by atoms with Gasteiger partial charge in [0.25, 0.3) is 5.91 Å². The minimum absolute atomic E-state index is 0.306. The third kappa shape index (κ3) is 5.74. The molecule has 0 radical (unpaired) electrons. The molecule has 0 unspecified atom stereocenters. The molecule has 0 bridgehead atoms. The van der Waals surface area contributed by atoms with Crippen LogP contribution in [0.3, 0.4) is 0 Å². The molecular weight excluding hydrogens is 478 g/mol. The largest absolute Gasteiger partial charge is 0.495 e. The number of benzene rings is 1. The highest BCUT2D eigenvalue weighted by Gasteiger charge is 2.25. The van der Waals surface area contributed by atoms with Gasteiger partial charge in [-0.2, -0.15) is 16.9 Å². The number of nitrogens with zero attached hydrogens (tertiary/aromatic N) is 3. The smallest absolute Gasteiger partial charge is 0.328 e. The Hall–Kier alpha value is -2.98. The monoisotopic (exact) mass is 505 g/mol. The summed E-state index contributed by atoms with van der Waals surface area (Å²) in [5.41, 5.74) is 2.43. The van der Waals surface area contributed by atoms with Gasteiger partial charge in [-0.3, -0.25) is 4.79 Å². The zero-order chi connectivity index (χ0) is 24.7. The second-order valence-electron chi connectivity index (χ2n) is 7.40. The molecule has 0 aliphatic carbocycles. The number of halogens is 1. The van der Waals surface area contributed by atoms with E-state index in [1.54, 1.807) is 41.9 Å². The van der Waals surface area contributed by atoms with Crippen molar-refractivity contribution >= 4 is 52.0 Å². The Bertz CT molecular complexity index is 1170. The van der Waals surface area contributed by atoms with Crippen molar-refractivity contribution in [3.63, 3.8) is 0 Å². The molecule has 11 heteroatoms. The maximum absolute atomic E-state index is 13.3. The number of aryl methyl sites for hydroxylation is 1. The lowest BCUT2D eigenvalue weighted by molar-refractivity contribution is -0.142. The molecule has 0 aliphatic heterocycles. The van der Waals surface area contributed by atoms with Crippen LogP contribution in [0.4, 0.5) is 5.69 Å². The predicted molar refractivity (Wildman–Crippen MR) is 135 cm³/mol. The maximum atomic E-state index is 13.3. The molecule has 2 aromatic heterocycles. The molecule has 0 saturated heterocycles. The van der Waals surface area contributed by atoms with E-state index in [2.05, 4.69) is 20.7 Å². The molecule has 3 rings (SSSR count). The van der Waals surface area contributed by atoms with Crippen molar-refractivity contribution in [1.82, 2.24) is 20.1 Å². The summed E-state index contributed by atoms with van der Waals surface area (Å²) in [7, 11) is 2.87. The second-order valence-corrected chi connectivity index (χ2v) is 8.79. The number of aromatic nitrogens is 3. The molecule has 0 saturated carbocycles. The number of rotatable bonds is 11. The first-order chi connectivity index (χ1) is 16.4. The summed E-state index contributed by atoms with van der Waals surface area (Å²) in [5.74, 6) is 0.368. The zero-order valence-electron chi connectivity index (χ0n) is 19.6. The molecule has 0 fully saturated rings. The molecule has 3 aromatic rings. The molecule has 1 aromatic carbocycles. The van der Waals surface area contributed by atoms with E-state index in [0.717, 1.165) is 5.56 Å². The van der Waals surface area contributed by atoms with Crippen LogP contribution in [0.2, 0.25) is 5.02 Å². The highest BCUT2D eigenvalue weighted by Crippen LogP contribution is 2.29. The van der Waals surface area contributed by atoms with E-state index in [1.807, 2.05) is 19.2 Å². The Balaban J connectivity index is 1.94. The van der Waals surface area contributed by atoms with E-state index in [4.69, 9.17) is 21.1 Å². The summed E-state index contributed by atoms with van der Waals surface area (Å²) in [6.07, 6.45) is 5.57. The number of hydrogen-bond donors (Lipinski definition) is 2. The van der Waals surface area contributed by atoms with Crippen molar-refractivity contribution in [1.29, 1.82) is 0 Å². The fraction of sp³-hybridized carbons (Fsp3) is 0.391. The maximum Gasteiger partial charge on any atom is 0.328 e. The van der Waals surface area contributed by atoms with Gasteiger partial charge in [0.2, 0.25) is 0 Å². The fourth-order valence-electron chi connectivity index (χ4n) is 3.49. The number of pyridine rings is 1. The van der Waals surface area contributed by atoms with Crippen LogP contribution in [0.15, 0.2) is 30.6 Å². The number of fused-ring (bicyclic) bond motifs is 1. The number of carbonyl (C=O) groups is 2. The topological polar surface area (TPSA) is 107 Å². The van der Waals surface area contributed by atoms with Gasteiger partial charge in [0.1, 0.15) is 11.8 Å². The average molecular weight is 506 g/mol. The van der Waals surface area contributed by atoms with Crippen LogP contribution >= 0.6 is 23.4 Å². The molecule has 2 N–H and O–H groups in total. The second kappa shape index (κ2) is 11.9. The van der Waals surface area contributed by atoms with Crippen LogP contribution in [0.1, 0.15) is 29.3 Å². The molecule has 9 nitrogen and oxygen atoms in total. The normalized spacial score (nSPS) is 11.8. The first-order valence-electron chi connectivity index (χ1n) is 10.7. The number of hydrogen-bond acceptors (Lipinski definition) is 8. The molecule has 1 atom stereocenters. The Morgan fingerprint density at radius 1 is 1.26 bits per heavy atom. The molecule has 0 spiro atoms. The summed E-state index contributed by atoms with van der Waals surface area (Å²) < 4.78 is 11.8. The number of thioether (sulfide) groups is 1. The SMILES string of the molecule is CCn1ncc2c(NCc3ccc(OC)c(Cl)c3)c(C(=O)N[C@@H](CCSC)C(=O)OC)cnc21. The van der Waals surface area contributed by atoms with Crippen LogP contribution < -0.4 is 15.4 Å². The lowest BCUT2D eigenvalue weighted by atomic mass is 10.1. The van der Waals surface area contributed by atoms with Gasteiger partial charge in [-0.15, -0.1) is 0 Å². The van der Waals surface area contributed by atoms with Crippen LogP contribution in [-0.2, 0) is 22.6 Å². The summed E-state index contributed by atoms with van der Waals surface area (Å²) in [4.78, 5) is 29.9. The Kier molecular flexibility index (Phi) is 9.00. The highest BCUT2D eigenvalue weighted by molar-refractivity contribution is 7.98. The number of anilines is 1. The molecule has 2 heterocycles. The van der Waals surface area contributed by atoms with E-state index >= 15 is 0 Å². The Labute approximate surface area is 207 Å². The minimum Gasteiger partial charge on any atom is -0.495 e. The number of ether oxygens (including phenoxy) is 2. The van der Waals surface area contributed by atoms with Crippen LogP contribution in [0.25, 0.3) is 11.0 Å². The number of esters is 1. The number of nitrogens with one attached hydrogen (secondary N) is 2. The number of methoxy groups -OCH3 is 2. The lowest BCUT2D eigenvalue weighted by Crippen LogP contribution is -2.42. The van der Waals surface area contributed by atoms with Crippen LogP contribution in [-0.4, -0.2) is 58.9 Å². The molecule has 182 valence electrons. The quantitative estimate of drug-likeness (QED) is 0.379. The van der Waals surface area contributed by atoms with Gasteiger partial charge in [-0.1, -0.05) is 17.7 Å². The van der Waals surface area contributed by atoms with Gasteiger partial charge >= 0.3 is 5.97 Å². The van der Waals surface area contributed by atoms with Crippen molar-refractivity contribution in [2.45, 2.75) is 32.5 Å². The Morgan fingerprint density at radius 2 is 2.06 bits per heavy atom. The Morgan fingerprint density at radius 3 is 2.71 bits per heavy atom. The van der Waals surface area contributed by atoms with E-state index in [0.29, 0.717) is 58.3 Å². The van der Waals surface area contributed by atoms with Crippen molar-refractivity contribution in [3.8, 4) is 5.75 Å². The van der Waals surface area contributed by atoms with Gasteiger partial charge in [0.15, 0.2) is 5.65 Å². The number of amides is 1. The molecule has 34 heavy (non-hydrogen) atoms. The first-order valence-corrected chi connectivity index (χ1v) is 12.5. The third-order valence-electron chi connectivity index (χ3n) is 5.30. The van der Waals surface area contributed by atoms with E-state index in [9.17, 15) is 9.59 Å². The third-order valence-corrected chi connectivity index (χ3v) is 6.24. The van der Waals surface area contributed by atoms with Gasteiger partial charge < -0.3 is 20.1 Å². The predicted octanol–water partition coefficient (Wildman–Crippen LogP) is 3.75. The van der Waals surface area contributed by atoms with Crippen LogP contribution in [0, 0.1) is 0 Å². The standard InChI is InChI=1S/C23H28ClN5O4S/c1-5-29-21-15(13-27-29)20(25-11-14-6-7-19(32-2)17(24)10-14)16(12-26-21)22(30)28-18(8-9-34-4)23(31)33-3/h6-7,10,12-13,18H,5,8-9,11H2,1-4H3,(H,25,26)(H,28,30)/t18-/m0/s1. The summed E-state index contributed by atoms with van der Waals surface area (Å²) in [5, 5.41) is 11.7. The summed E-state index contributed by atoms with van der Waals surface area (Å²) in [6.45, 7) is 3.00. The van der Waals surface area contributed by atoms with Crippen LogP contribution in [0.5, 0.6) is 5.75 Å². The minimum atomic E-state index is -0.757. The van der Waals surface area contributed by atoms with Gasteiger partial charge in [0, 0.05) is 19.3 Å². The summed E-state index contributed by atoms with van der Waals surface area (Å²) >= 11 is 7.85.